The number of carbonyl (C=O) groups is 1. The van der Waals surface area contributed by atoms with Crippen molar-refractivity contribution in [2.75, 3.05) is 0 Å². The minimum atomic E-state index is -0.570. The lowest BCUT2D eigenvalue weighted by Crippen LogP contribution is -2.26. The van der Waals surface area contributed by atoms with E-state index in [0.29, 0.717) is 5.69 Å². The number of hydrogen-bond acceptors (Lipinski definition) is 4. The summed E-state index contributed by atoms with van der Waals surface area (Å²) in [5.41, 5.74) is 0.974. The average molecular weight is 288 g/mol. The average Bonchev–Trinajstić information content (AvgIpc) is 2.48. The third-order valence-electron chi connectivity index (χ3n) is 2.95. The maximum atomic E-state index is 11.6. The molecule has 0 spiro atoms. The Morgan fingerprint density at radius 2 is 2.05 bits per heavy atom. The SMILES string of the molecule is Cn1cc(O)c(=O)cc1CNC(=O)OCc1ccccc1. The van der Waals surface area contributed by atoms with Gasteiger partial charge in [0.05, 0.1) is 6.54 Å². The van der Waals surface area contributed by atoms with E-state index in [0.717, 1.165) is 5.56 Å². The van der Waals surface area contributed by atoms with Crippen molar-refractivity contribution < 1.29 is 14.6 Å². The van der Waals surface area contributed by atoms with Crippen molar-refractivity contribution in [2.45, 2.75) is 13.2 Å². The molecule has 0 aliphatic heterocycles. The zero-order valence-electron chi connectivity index (χ0n) is 11.6. The summed E-state index contributed by atoms with van der Waals surface area (Å²) in [5, 5.41) is 11.8. The smallest absolute Gasteiger partial charge is 0.407 e. The first kappa shape index (κ1) is 14.6. The highest BCUT2D eigenvalue weighted by Gasteiger charge is 2.06. The Morgan fingerprint density at radius 3 is 2.76 bits per heavy atom. The number of alkyl carbamates (subject to hydrolysis) is 1. The second-order valence-corrected chi connectivity index (χ2v) is 4.54. The van der Waals surface area contributed by atoms with Gasteiger partial charge in [0.25, 0.3) is 0 Å². The Labute approximate surface area is 121 Å². The lowest BCUT2D eigenvalue weighted by molar-refractivity contribution is 0.139. The van der Waals surface area contributed by atoms with Gasteiger partial charge in [-0.2, -0.15) is 0 Å². The number of hydrogen-bond donors (Lipinski definition) is 2. The molecular formula is C15H16N2O4. The van der Waals surface area contributed by atoms with Gasteiger partial charge in [0.2, 0.25) is 5.43 Å². The highest BCUT2D eigenvalue weighted by molar-refractivity contribution is 5.67. The topological polar surface area (TPSA) is 80.6 Å². The predicted octanol–water partition coefficient (Wildman–Crippen LogP) is 1.52. The van der Waals surface area contributed by atoms with Crippen molar-refractivity contribution in [3.05, 3.63) is 64.1 Å². The molecule has 1 amide bonds. The molecule has 0 aliphatic rings. The van der Waals surface area contributed by atoms with E-state index >= 15 is 0 Å². The molecule has 0 bridgehead atoms. The van der Waals surface area contributed by atoms with Gasteiger partial charge in [-0.25, -0.2) is 4.79 Å². The van der Waals surface area contributed by atoms with E-state index in [9.17, 15) is 14.7 Å². The first-order chi connectivity index (χ1) is 10.1. The molecule has 21 heavy (non-hydrogen) atoms. The number of aryl methyl sites for hydroxylation is 1. The summed E-state index contributed by atoms with van der Waals surface area (Å²) in [4.78, 5) is 22.9. The van der Waals surface area contributed by atoms with Crippen LogP contribution in [0.2, 0.25) is 0 Å². The number of carbonyl (C=O) groups excluding carboxylic acids is 1. The molecule has 1 aromatic heterocycles. The summed E-state index contributed by atoms with van der Waals surface area (Å²) >= 11 is 0. The van der Waals surface area contributed by atoms with Crippen LogP contribution < -0.4 is 10.7 Å². The third-order valence-corrected chi connectivity index (χ3v) is 2.95. The minimum Gasteiger partial charge on any atom is -0.503 e. The molecule has 2 rings (SSSR count). The Balaban J connectivity index is 1.87. The summed E-state index contributed by atoms with van der Waals surface area (Å²) in [6.07, 6.45) is 0.730. The van der Waals surface area contributed by atoms with Crippen LogP contribution in [0.15, 0.2) is 47.4 Å². The quantitative estimate of drug-likeness (QED) is 0.893. The number of aromatic nitrogens is 1. The van der Waals surface area contributed by atoms with Gasteiger partial charge in [0.1, 0.15) is 6.61 Å². The lowest BCUT2D eigenvalue weighted by Gasteiger charge is -2.10. The highest BCUT2D eigenvalue weighted by atomic mass is 16.5. The Morgan fingerprint density at radius 1 is 1.33 bits per heavy atom. The molecule has 2 N–H and O–H groups in total. The number of nitrogens with zero attached hydrogens (tertiary/aromatic N) is 1. The van der Waals surface area contributed by atoms with E-state index in [1.807, 2.05) is 30.3 Å². The maximum Gasteiger partial charge on any atom is 0.407 e. The zero-order chi connectivity index (χ0) is 15.2. The summed E-state index contributed by atoms with van der Waals surface area (Å²) in [6.45, 7) is 0.320. The summed E-state index contributed by atoms with van der Waals surface area (Å²) < 4.78 is 6.62. The van der Waals surface area contributed by atoms with Crippen LogP contribution in [0.4, 0.5) is 4.79 Å². The molecule has 0 atom stereocenters. The van der Waals surface area contributed by atoms with E-state index in [1.54, 1.807) is 11.6 Å². The van der Waals surface area contributed by atoms with Crippen molar-refractivity contribution in [1.82, 2.24) is 9.88 Å². The molecule has 110 valence electrons. The van der Waals surface area contributed by atoms with Gasteiger partial charge < -0.3 is 19.7 Å². The fourth-order valence-electron chi connectivity index (χ4n) is 1.77. The van der Waals surface area contributed by atoms with Crippen molar-refractivity contribution in [2.24, 2.45) is 7.05 Å². The van der Waals surface area contributed by atoms with E-state index in [1.165, 1.54) is 12.3 Å². The van der Waals surface area contributed by atoms with Crippen LogP contribution in [0.25, 0.3) is 0 Å². The molecular weight excluding hydrogens is 272 g/mol. The molecule has 1 aromatic carbocycles. The predicted molar refractivity (Wildman–Crippen MR) is 76.8 cm³/mol. The third kappa shape index (κ3) is 4.10. The molecule has 0 saturated heterocycles. The van der Waals surface area contributed by atoms with Gasteiger partial charge in [-0.3, -0.25) is 4.79 Å². The first-order valence-corrected chi connectivity index (χ1v) is 6.39. The molecule has 6 heteroatoms. The first-order valence-electron chi connectivity index (χ1n) is 6.39. The number of benzene rings is 1. The highest BCUT2D eigenvalue weighted by Crippen LogP contribution is 2.03. The molecule has 0 fully saturated rings. The van der Waals surface area contributed by atoms with Crippen LogP contribution in [0.3, 0.4) is 0 Å². The fourth-order valence-corrected chi connectivity index (χ4v) is 1.77. The van der Waals surface area contributed by atoms with Crippen molar-refractivity contribution in [3.63, 3.8) is 0 Å². The Hall–Kier alpha value is -2.76. The van der Waals surface area contributed by atoms with E-state index in [-0.39, 0.29) is 18.9 Å². The number of amides is 1. The van der Waals surface area contributed by atoms with Crippen LogP contribution in [-0.2, 0) is 24.9 Å². The molecule has 0 saturated carbocycles. The Bertz CT molecular complexity index is 680. The van der Waals surface area contributed by atoms with Crippen LogP contribution in [-0.4, -0.2) is 15.8 Å². The number of aromatic hydroxyl groups is 1. The second kappa shape index (κ2) is 6.60. The summed E-state index contributed by atoms with van der Waals surface area (Å²) in [7, 11) is 1.67. The molecule has 1 heterocycles. The van der Waals surface area contributed by atoms with Gasteiger partial charge >= 0.3 is 6.09 Å². The standard InChI is InChI=1S/C15H16N2O4/c1-17-9-14(19)13(18)7-12(17)8-16-15(20)21-10-11-5-3-2-4-6-11/h2-7,9,19H,8,10H2,1H3,(H,16,20). The van der Waals surface area contributed by atoms with Crippen LogP contribution in [0, 0.1) is 0 Å². The molecule has 0 aliphatic carbocycles. The number of rotatable bonds is 4. The number of nitrogens with one attached hydrogen (secondary N) is 1. The van der Waals surface area contributed by atoms with Crippen molar-refractivity contribution >= 4 is 6.09 Å². The number of pyridine rings is 1. The largest absolute Gasteiger partial charge is 0.503 e. The second-order valence-electron chi connectivity index (χ2n) is 4.54. The van der Waals surface area contributed by atoms with Crippen LogP contribution >= 0.6 is 0 Å². The van der Waals surface area contributed by atoms with Crippen LogP contribution in [0.1, 0.15) is 11.3 Å². The lowest BCUT2D eigenvalue weighted by atomic mass is 10.2. The summed E-state index contributed by atoms with van der Waals surface area (Å²) in [5.74, 6) is -0.326. The van der Waals surface area contributed by atoms with Gasteiger partial charge in [-0.05, 0) is 5.56 Å². The van der Waals surface area contributed by atoms with Gasteiger partial charge in [-0.1, -0.05) is 30.3 Å². The van der Waals surface area contributed by atoms with Crippen molar-refractivity contribution in [1.29, 1.82) is 0 Å². The molecule has 0 unspecified atom stereocenters. The summed E-state index contributed by atoms with van der Waals surface area (Å²) in [6, 6.07) is 10.6. The van der Waals surface area contributed by atoms with Gasteiger partial charge in [0.15, 0.2) is 5.75 Å². The minimum absolute atomic E-state index is 0.139. The normalized spacial score (nSPS) is 10.1. The Kier molecular flexibility index (Phi) is 4.61. The maximum absolute atomic E-state index is 11.6. The van der Waals surface area contributed by atoms with E-state index in [4.69, 9.17) is 4.74 Å². The van der Waals surface area contributed by atoms with Gasteiger partial charge in [-0.15, -0.1) is 0 Å². The molecule has 2 aromatic rings. The molecule has 6 nitrogen and oxygen atoms in total. The zero-order valence-corrected chi connectivity index (χ0v) is 11.6. The van der Waals surface area contributed by atoms with Crippen LogP contribution in [0.5, 0.6) is 5.75 Å². The monoisotopic (exact) mass is 288 g/mol. The molecule has 0 radical (unpaired) electrons. The van der Waals surface area contributed by atoms with Gasteiger partial charge in [0, 0.05) is 25.0 Å². The van der Waals surface area contributed by atoms with E-state index < -0.39 is 11.5 Å². The fraction of sp³-hybridized carbons (Fsp3) is 0.200. The van der Waals surface area contributed by atoms with E-state index in [2.05, 4.69) is 5.32 Å². The van der Waals surface area contributed by atoms with Crippen molar-refractivity contribution in [3.8, 4) is 5.75 Å². The number of ether oxygens (including phenoxy) is 1.